The molecular formula is C12H24O2. The first kappa shape index (κ1) is 13.5. The topological polar surface area (TPSA) is 37.3 Å². The van der Waals surface area contributed by atoms with E-state index in [9.17, 15) is 4.79 Å². The molecule has 0 aliphatic heterocycles. The SMILES string of the molecule is CC1(C)CCCC(C(=O)O)C1.CCC. The molecular weight excluding hydrogens is 176 g/mol. The quantitative estimate of drug-likeness (QED) is 0.700. The highest BCUT2D eigenvalue weighted by Gasteiger charge is 2.31. The van der Waals surface area contributed by atoms with Gasteiger partial charge in [0.05, 0.1) is 5.92 Å². The molecule has 1 N–H and O–H groups in total. The minimum absolute atomic E-state index is 0.0845. The average Bonchev–Trinajstić information content (AvgIpc) is 2.03. The maximum absolute atomic E-state index is 10.6. The van der Waals surface area contributed by atoms with Crippen LogP contribution in [0.15, 0.2) is 0 Å². The van der Waals surface area contributed by atoms with Crippen molar-refractivity contribution in [1.82, 2.24) is 0 Å². The Labute approximate surface area is 87.7 Å². The van der Waals surface area contributed by atoms with Gasteiger partial charge >= 0.3 is 5.97 Å². The van der Waals surface area contributed by atoms with Crippen molar-refractivity contribution in [2.24, 2.45) is 11.3 Å². The smallest absolute Gasteiger partial charge is 0.306 e. The van der Waals surface area contributed by atoms with E-state index in [0.717, 1.165) is 19.3 Å². The van der Waals surface area contributed by atoms with Crippen LogP contribution in [0.2, 0.25) is 0 Å². The lowest BCUT2D eigenvalue weighted by Crippen LogP contribution is -2.27. The molecule has 0 aromatic heterocycles. The van der Waals surface area contributed by atoms with Crippen LogP contribution in [-0.4, -0.2) is 11.1 Å². The Morgan fingerprint density at radius 1 is 1.43 bits per heavy atom. The fraction of sp³-hybridized carbons (Fsp3) is 0.917. The normalized spacial score (nSPS) is 24.7. The van der Waals surface area contributed by atoms with Gasteiger partial charge in [0.2, 0.25) is 0 Å². The Kier molecular flexibility index (Phi) is 5.82. The molecule has 2 heteroatoms. The predicted molar refractivity (Wildman–Crippen MR) is 59.3 cm³/mol. The van der Waals surface area contributed by atoms with E-state index < -0.39 is 5.97 Å². The molecule has 1 saturated carbocycles. The van der Waals surface area contributed by atoms with Gasteiger partial charge in [0.25, 0.3) is 0 Å². The Hall–Kier alpha value is -0.530. The van der Waals surface area contributed by atoms with Crippen molar-refractivity contribution in [2.75, 3.05) is 0 Å². The molecule has 0 saturated heterocycles. The van der Waals surface area contributed by atoms with Crippen LogP contribution in [0.5, 0.6) is 0 Å². The third-order valence-electron chi connectivity index (χ3n) is 2.55. The van der Waals surface area contributed by atoms with Crippen molar-refractivity contribution >= 4 is 5.97 Å². The second-order valence-electron chi connectivity index (χ2n) is 5.00. The molecule has 0 amide bonds. The van der Waals surface area contributed by atoms with Crippen molar-refractivity contribution < 1.29 is 9.90 Å². The summed E-state index contributed by atoms with van der Waals surface area (Å²) in [5, 5.41) is 8.77. The minimum atomic E-state index is -0.613. The van der Waals surface area contributed by atoms with E-state index in [1.807, 2.05) is 0 Å². The fourth-order valence-electron chi connectivity index (χ4n) is 1.91. The van der Waals surface area contributed by atoms with Gasteiger partial charge in [-0.2, -0.15) is 0 Å². The van der Waals surface area contributed by atoms with Crippen LogP contribution < -0.4 is 0 Å². The summed E-state index contributed by atoms with van der Waals surface area (Å²) in [6.07, 6.45) is 5.22. The number of carboxylic acid groups (broad SMARTS) is 1. The summed E-state index contributed by atoms with van der Waals surface area (Å²) in [6, 6.07) is 0. The molecule has 1 fully saturated rings. The highest BCUT2D eigenvalue weighted by Crippen LogP contribution is 2.38. The molecule has 1 aliphatic carbocycles. The minimum Gasteiger partial charge on any atom is -0.481 e. The number of aliphatic carboxylic acids is 1. The molecule has 0 bridgehead atoms. The van der Waals surface area contributed by atoms with E-state index in [0.29, 0.717) is 0 Å². The molecule has 1 aliphatic rings. The van der Waals surface area contributed by atoms with E-state index in [1.54, 1.807) is 0 Å². The lowest BCUT2D eigenvalue weighted by atomic mass is 9.72. The molecule has 0 spiro atoms. The first-order chi connectivity index (χ1) is 6.43. The Morgan fingerprint density at radius 2 is 1.93 bits per heavy atom. The van der Waals surface area contributed by atoms with E-state index in [2.05, 4.69) is 27.7 Å². The van der Waals surface area contributed by atoms with Gasteiger partial charge in [-0.1, -0.05) is 40.5 Å². The van der Waals surface area contributed by atoms with Crippen LogP contribution in [0, 0.1) is 11.3 Å². The molecule has 0 radical (unpaired) electrons. The Balaban J connectivity index is 0.000000500. The highest BCUT2D eigenvalue weighted by atomic mass is 16.4. The van der Waals surface area contributed by atoms with Crippen molar-refractivity contribution in [2.45, 2.75) is 59.8 Å². The number of rotatable bonds is 1. The lowest BCUT2D eigenvalue weighted by molar-refractivity contribution is -0.144. The largest absolute Gasteiger partial charge is 0.481 e. The van der Waals surface area contributed by atoms with Crippen molar-refractivity contribution in [3.8, 4) is 0 Å². The molecule has 1 rings (SSSR count). The molecule has 1 atom stereocenters. The summed E-state index contributed by atoms with van der Waals surface area (Å²) in [7, 11) is 0. The standard InChI is InChI=1S/C9H16O2.C3H8/c1-9(2)5-3-4-7(6-9)8(10)11;1-3-2/h7H,3-6H2,1-2H3,(H,10,11);3H2,1-2H3. The van der Waals surface area contributed by atoms with Crippen molar-refractivity contribution in [3.63, 3.8) is 0 Å². The number of hydrogen-bond acceptors (Lipinski definition) is 1. The average molecular weight is 200 g/mol. The summed E-state index contributed by atoms with van der Waals surface area (Å²) in [4.78, 5) is 10.6. The second kappa shape index (κ2) is 6.05. The van der Waals surface area contributed by atoms with Crippen molar-refractivity contribution in [1.29, 1.82) is 0 Å². The summed E-state index contributed by atoms with van der Waals surface area (Å²) in [6.45, 7) is 8.56. The first-order valence-electron chi connectivity index (χ1n) is 5.65. The monoisotopic (exact) mass is 200 g/mol. The van der Waals surface area contributed by atoms with Crippen LogP contribution in [0.25, 0.3) is 0 Å². The molecule has 84 valence electrons. The maximum atomic E-state index is 10.6. The zero-order valence-electron chi connectivity index (χ0n) is 9.97. The van der Waals surface area contributed by atoms with Gasteiger partial charge in [-0.15, -0.1) is 0 Å². The molecule has 0 heterocycles. The third kappa shape index (κ3) is 5.25. The van der Waals surface area contributed by atoms with E-state index >= 15 is 0 Å². The second-order valence-corrected chi connectivity index (χ2v) is 5.00. The molecule has 14 heavy (non-hydrogen) atoms. The van der Waals surface area contributed by atoms with Gasteiger partial charge in [0.1, 0.15) is 0 Å². The van der Waals surface area contributed by atoms with E-state index in [1.165, 1.54) is 12.8 Å². The van der Waals surface area contributed by atoms with Crippen LogP contribution >= 0.6 is 0 Å². The van der Waals surface area contributed by atoms with Crippen molar-refractivity contribution in [3.05, 3.63) is 0 Å². The van der Waals surface area contributed by atoms with Crippen LogP contribution in [-0.2, 0) is 4.79 Å². The van der Waals surface area contributed by atoms with Gasteiger partial charge in [-0.3, -0.25) is 4.79 Å². The van der Waals surface area contributed by atoms with Gasteiger partial charge < -0.3 is 5.11 Å². The summed E-state index contributed by atoms with van der Waals surface area (Å²) < 4.78 is 0. The highest BCUT2D eigenvalue weighted by molar-refractivity contribution is 5.70. The van der Waals surface area contributed by atoms with Crippen LogP contribution in [0.4, 0.5) is 0 Å². The molecule has 2 nitrogen and oxygen atoms in total. The molecule has 0 aromatic carbocycles. The number of carboxylic acids is 1. The van der Waals surface area contributed by atoms with Gasteiger partial charge in [-0.05, 0) is 24.7 Å². The van der Waals surface area contributed by atoms with E-state index in [4.69, 9.17) is 5.11 Å². The lowest BCUT2D eigenvalue weighted by Gasteiger charge is -2.32. The number of hydrogen-bond donors (Lipinski definition) is 1. The zero-order chi connectivity index (χ0) is 11.2. The van der Waals surface area contributed by atoms with Gasteiger partial charge in [0, 0.05) is 0 Å². The van der Waals surface area contributed by atoms with Gasteiger partial charge in [-0.25, -0.2) is 0 Å². The first-order valence-corrected chi connectivity index (χ1v) is 5.65. The van der Waals surface area contributed by atoms with Crippen LogP contribution in [0.3, 0.4) is 0 Å². The number of carbonyl (C=O) groups is 1. The van der Waals surface area contributed by atoms with E-state index in [-0.39, 0.29) is 11.3 Å². The Morgan fingerprint density at radius 3 is 2.21 bits per heavy atom. The summed E-state index contributed by atoms with van der Waals surface area (Å²) in [5.74, 6) is -0.698. The molecule has 0 aromatic rings. The Bertz CT molecular complexity index is 173. The summed E-state index contributed by atoms with van der Waals surface area (Å²) in [5.41, 5.74) is 0.251. The fourth-order valence-corrected chi connectivity index (χ4v) is 1.91. The third-order valence-corrected chi connectivity index (χ3v) is 2.55. The zero-order valence-corrected chi connectivity index (χ0v) is 9.97. The van der Waals surface area contributed by atoms with Crippen LogP contribution in [0.1, 0.15) is 59.8 Å². The molecule has 1 unspecified atom stereocenters. The van der Waals surface area contributed by atoms with Gasteiger partial charge in [0.15, 0.2) is 0 Å². The predicted octanol–water partition coefficient (Wildman–Crippen LogP) is 3.70. The maximum Gasteiger partial charge on any atom is 0.306 e. The summed E-state index contributed by atoms with van der Waals surface area (Å²) >= 11 is 0.